The smallest absolute Gasteiger partial charge is 0.161 e. The van der Waals surface area contributed by atoms with Crippen molar-refractivity contribution < 1.29 is 0 Å². The van der Waals surface area contributed by atoms with Gasteiger partial charge in [0.05, 0.1) is 16.9 Å². The van der Waals surface area contributed by atoms with Crippen LogP contribution in [0.25, 0.3) is 0 Å². The third kappa shape index (κ3) is 2.49. The van der Waals surface area contributed by atoms with E-state index in [9.17, 15) is 0 Å². The molecule has 0 spiro atoms. The van der Waals surface area contributed by atoms with Gasteiger partial charge in [0.15, 0.2) is 5.17 Å². The Morgan fingerprint density at radius 3 is 2.65 bits per heavy atom. The number of hydrogen-bond acceptors (Lipinski definition) is 4. The van der Waals surface area contributed by atoms with Crippen molar-refractivity contribution in [2.45, 2.75) is 39.2 Å². The van der Waals surface area contributed by atoms with Crippen LogP contribution in [0.1, 0.15) is 32.4 Å². The summed E-state index contributed by atoms with van der Waals surface area (Å²) in [7, 11) is 1.93. The summed E-state index contributed by atoms with van der Waals surface area (Å²) < 4.78 is 1.82. The molecule has 2 heterocycles. The van der Waals surface area contributed by atoms with Gasteiger partial charge in [-0.2, -0.15) is 5.10 Å². The van der Waals surface area contributed by atoms with Crippen molar-refractivity contribution in [3.05, 3.63) is 11.9 Å². The summed E-state index contributed by atoms with van der Waals surface area (Å²) >= 11 is 1.81. The molecule has 94 valence electrons. The molecule has 0 fully saturated rings. The molecule has 2 rings (SSSR count). The fourth-order valence-corrected chi connectivity index (χ4v) is 3.31. The topological polar surface area (TPSA) is 42.2 Å². The van der Waals surface area contributed by atoms with Crippen molar-refractivity contribution in [2.75, 3.05) is 11.1 Å². The van der Waals surface area contributed by atoms with Gasteiger partial charge in [0.2, 0.25) is 0 Å². The number of nitrogens with one attached hydrogen (secondary N) is 1. The number of nitrogens with zero attached hydrogens (tertiary/aromatic N) is 3. The molecule has 4 nitrogen and oxygen atoms in total. The van der Waals surface area contributed by atoms with E-state index in [2.05, 4.69) is 24.3 Å². The van der Waals surface area contributed by atoms with Gasteiger partial charge < -0.3 is 5.32 Å². The Kier molecular flexibility index (Phi) is 3.47. The average molecular weight is 252 g/mol. The lowest BCUT2D eigenvalue weighted by atomic mass is 9.97. The second-order valence-corrected chi connectivity index (χ2v) is 5.53. The molecule has 1 aliphatic rings. The van der Waals surface area contributed by atoms with Gasteiger partial charge >= 0.3 is 0 Å². The van der Waals surface area contributed by atoms with Crippen molar-refractivity contribution in [2.24, 2.45) is 12.0 Å². The van der Waals surface area contributed by atoms with Crippen LogP contribution >= 0.6 is 11.8 Å². The third-order valence-corrected chi connectivity index (χ3v) is 4.54. The largest absolute Gasteiger partial charge is 0.332 e. The Bertz CT molecular complexity index is 432. The molecular formula is C12H20N4S. The van der Waals surface area contributed by atoms with Crippen molar-refractivity contribution in [3.8, 4) is 0 Å². The summed E-state index contributed by atoms with van der Waals surface area (Å²) in [4.78, 5) is 4.83. The fourth-order valence-electron chi connectivity index (χ4n) is 2.00. The SMILES string of the molecule is CCC1(CC)CSC(Nc2cn(C)nc2C)=N1. The van der Waals surface area contributed by atoms with Crippen LogP contribution in [0.5, 0.6) is 0 Å². The van der Waals surface area contributed by atoms with Crippen LogP contribution in [-0.4, -0.2) is 26.2 Å². The Labute approximate surface area is 107 Å². The van der Waals surface area contributed by atoms with Crippen LogP contribution < -0.4 is 5.32 Å². The monoisotopic (exact) mass is 252 g/mol. The van der Waals surface area contributed by atoms with E-state index in [0.29, 0.717) is 0 Å². The quantitative estimate of drug-likeness (QED) is 0.899. The zero-order valence-corrected chi connectivity index (χ0v) is 11.8. The fraction of sp³-hybridized carbons (Fsp3) is 0.667. The van der Waals surface area contributed by atoms with E-state index in [0.717, 1.165) is 35.1 Å². The molecule has 0 aliphatic carbocycles. The van der Waals surface area contributed by atoms with Crippen LogP contribution in [0.2, 0.25) is 0 Å². The molecule has 0 saturated carbocycles. The van der Waals surface area contributed by atoms with Crippen molar-refractivity contribution in [1.82, 2.24) is 9.78 Å². The minimum Gasteiger partial charge on any atom is -0.332 e. The van der Waals surface area contributed by atoms with Gasteiger partial charge in [0.1, 0.15) is 0 Å². The Balaban J connectivity index is 2.13. The Morgan fingerprint density at radius 1 is 1.47 bits per heavy atom. The molecule has 17 heavy (non-hydrogen) atoms. The van der Waals surface area contributed by atoms with E-state index >= 15 is 0 Å². The first kappa shape index (κ1) is 12.5. The van der Waals surface area contributed by atoms with E-state index < -0.39 is 0 Å². The molecule has 1 aliphatic heterocycles. The van der Waals surface area contributed by atoms with Crippen LogP contribution in [-0.2, 0) is 7.05 Å². The van der Waals surface area contributed by atoms with E-state index in [1.54, 1.807) is 0 Å². The number of hydrogen-bond donors (Lipinski definition) is 1. The highest BCUT2D eigenvalue weighted by atomic mass is 32.2. The predicted octanol–water partition coefficient (Wildman–Crippen LogP) is 2.80. The lowest BCUT2D eigenvalue weighted by Gasteiger charge is -2.20. The highest BCUT2D eigenvalue weighted by Gasteiger charge is 2.32. The predicted molar refractivity (Wildman–Crippen MR) is 74.8 cm³/mol. The van der Waals surface area contributed by atoms with Gasteiger partial charge in [-0.05, 0) is 19.8 Å². The maximum atomic E-state index is 4.83. The minimum absolute atomic E-state index is 0.142. The lowest BCUT2D eigenvalue weighted by molar-refractivity contribution is 0.456. The van der Waals surface area contributed by atoms with E-state index in [-0.39, 0.29) is 5.54 Å². The molecule has 0 atom stereocenters. The zero-order chi connectivity index (χ0) is 12.5. The van der Waals surface area contributed by atoms with Gasteiger partial charge in [0, 0.05) is 19.0 Å². The number of aliphatic imine (C=N–C) groups is 1. The summed E-state index contributed by atoms with van der Waals surface area (Å²) in [6.45, 7) is 6.44. The number of aromatic nitrogens is 2. The number of thioether (sulfide) groups is 1. The minimum atomic E-state index is 0.142. The second-order valence-electron chi connectivity index (χ2n) is 4.56. The normalized spacial score (nSPS) is 18.2. The zero-order valence-electron chi connectivity index (χ0n) is 10.9. The van der Waals surface area contributed by atoms with Gasteiger partial charge in [-0.3, -0.25) is 9.67 Å². The maximum absolute atomic E-state index is 4.83. The van der Waals surface area contributed by atoms with Crippen LogP contribution in [0, 0.1) is 6.92 Å². The molecule has 5 heteroatoms. The van der Waals surface area contributed by atoms with Gasteiger partial charge in [-0.1, -0.05) is 25.6 Å². The summed E-state index contributed by atoms with van der Waals surface area (Å²) in [5.74, 6) is 1.08. The summed E-state index contributed by atoms with van der Waals surface area (Å²) in [6, 6.07) is 0. The summed E-state index contributed by atoms with van der Waals surface area (Å²) in [6.07, 6.45) is 4.21. The van der Waals surface area contributed by atoms with E-state index in [1.807, 2.05) is 36.6 Å². The first-order valence-electron chi connectivity index (χ1n) is 6.08. The van der Waals surface area contributed by atoms with Crippen LogP contribution in [0.4, 0.5) is 5.69 Å². The molecule has 1 N–H and O–H groups in total. The molecule has 0 bridgehead atoms. The van der Waals surface area contributed by atoms with E-state index in [1.165, 1.54) is 0 Å². The molecular weight excluding hydrogens is 232 g/mol. The molecule has 0 radical (unpaired) electrons. The molecule has 0 amide bonds. The highest BCUT2D eigenvalue weighted by Crippen LogP contribution is 2.33. The molecule has 0 aromatic carbocycles. The molecule has 0 unspecified atom stereocenters. The number of aryl methyl sites for hydroxylation is 2. The van der Waals surface area contributed by atoms with Gasteiger partial charge in [0.25, 0.3) is 0 Å². The number of amidine groups is 1. The third-order valence-electron chi connectivity index (χ3n) is 3.39. The number of rotatable bonds is 3. The van der Waals surface area contributed by atoms with Crippen molar-refractivity contribution >= 4 is 22.6 Å². The highest BCUT2D eigenvalue weighted by molar-refractivity contribution is 8.14. The molecule has 1 aromatic rings. The lowest BCUT2D eigenvalue weighted by Crippen LogP contribution is -2.24. The molecule has 1 aromatic heterocycles. The van der Waals surface area contributed by atoms with Gasteiger partial charge in [-0.15, -0.1) is 0 Å². The van der Waals surface area contributed by atoms with Crippen molar-refractivity contribution in [3.63, 3.8) is 0 Å². The summed E-state index contributed by atoms with van der Waals surface area (Å²) in [5.41, 5.74) is 2.21. The maximum Gasteiger partial charge on any atom is 0.161 e. The standard InChI is InChI=1S/C12H20N4S/c1-5-12(6-2)8-17-11(14-12)13-10-7-16(4)15-9(10)3/h7H,5-6,8H2,1-4H3,(H,13,14). The van der Waals surface area contributed by atoms with Crippen LogP contribution in [0.3, 0.4) is 0 Å². The van der Waals surface area contributed by atoms with Crippen molar-refractivity contribution in [1.29, 1.82) is 0 Å². The Hall–Kier alpha value is -0.970. The van der Waals surface area contributed by atoms with E-state index in [4.69, 9.17) is 4.99 Å². The first-order chi connectivity index (χ1) is 8.08. The second kappa shape index (κ2) is 4.72. The first-order valence-corrected chi connectivity index (χ1v) is 7.07. The number of anilines is 1. The average Bonchev–Trinajstić information content (AvgIpc) is 2.85. The molecule has 0 saturated heterocycles. The summed E-state index contributed by atoms with van der Waals surface area (Å²) in [5, 5.41) is 8.73. The van der Waals surface area contributed by atoms with Gasteiger partial charge in [-0.25, -0.2) is 0 Å². The Morgan fingerprint density at radius 2 is 2.18 bits per heavy atom. The van der Waals surface area contributed by atoms with Crippen LogP contribution in [0.15, 0.2) is 11.2 Å².